The molecule has 0 aliphatic carbocycles. The van der Waals surface area contributed by atoms with Gasteiger partial charge in [0.1, 0.15) is 11.6 Å². The Morgan fingerprint density at radius 3 is 2.31 bits per heavy atom. The maximum Gasteiger partial charge on any atom is 0.408 e. The standard InChI is InChI=1S/C19H33N3O6S/c1-8-12-15-13(22(16(12)23)29(7,26)27)9-10-21(15)17(24)14(11(2)3)20-18(25)28-19(4,5)6/h11-15H,8-10H2,1-7H3,(H,20,25)/t12-,13-,14-,15+/m0/s1. The van der Waals surface area contributed by atoms with Crippen LogP contribution in [0, 0.1) is 11.8 Å². The van der Waals surface area contributed by atoms with Crippen LogP contribution in [0.3, 0.4) is 0 Å². The molecule has 2 saturated heterocycles. The number of nitrogens with zero attached hydrogens (tertiary/aromatic N) is 2. The molecule has 1 N–H and O–H groups in total. The quantitative estimate of drug-likeness (QED) is 0.703. The average Bonchev–Trinajstić information content (AvgIpc) is 3.05. The number of likely N-dealkylation sites (tertiary alicyclic amines) is 1. The monoisotopic (exact) mass is 431 g/mol. The Balaban J connectivity index is 2.27. The van der Waals surface area contributed by atoms with Gasteiger partial charge in [-0.3, -0.25) is 9.59 Å². The molecule has 3 amide bonds. The molecule has 2 aliphatic heterocycles. The molecule has 0 radical (unpaired) electrons. The van der Waals surface area contributed by atoms with E-state index in [1.165, 1.54) is 0 Å². The zero-order valence-corrected chi connectivity index (χ0v) is 19.1. The van der Waals surface area contributed by atoms with Crippen LogP contribution in [-0.4, -0.2) is 72.1 Å². The van der Waals surface area contributed by atoms with E-state index in [2.05, 4.69) is 5.32 Å². The van der Waals surface area contributed by atoms with Crippen molar-refractivity contribution in [2.45, 2.75) is 78.1 Å². The molecule has 0 unspecified atom stereocenters. The number of nitrogens with one attached hydrogen (secondary N) is 1. The summed E-state index contributed by atoms with van der Waals surface area (Å²) in [6, 6.07) is -1.90. The molecule has 9 nitrogen and oxygen atoms in total. The normalized spacial score (nSPS) is 25.9. The minimum absolute atomic E-state index is 0.211. The van der Waals surface area contributed by atoms with Crippen molar-refractivity contribution in [3.05, 3.63) is 0 Å². The lowest BCUT2D eigenvalue weighted by atomic mass is 9.95. The Labute approximate surface area is 173 Å². The first kappa shape index (κ1) is 23.4. The summed E-state index contributed by atoms with van der Waals surface area (Å²) in [6.45, 7) is 11.0. The van der Waals surface area contributed by atoms with Gasteiger partial charge in [-0.15, -0.1) is 0 Å². The number of carbonyl (C=O) groups is 3. The Morgan fingerprint density at radius 2 is 1.86 bits per heavy atom. The Hall–Kier alpha value is -1.84. The molecule has 0 spiro atoms. The van der Waals surface area contributed by atoms with Crippen LogP contribution in [0.4, 0.5) is 4.79 Å². The van der Waals surface area contributed by atoms with E-state index in [0.717, 1.165) is 10.6 Å². The van der Waals surface area contributed by atoms with Gasteiger partial charge in [-0.2, -0.15) is 0 Å². The van der Waals surface area contributed by atoms with Gasteiger partial charge in [-0.1, -0.05) is 20.8 Å². The summed E-state index contributed by atoms with van der Waals surface area (Å²) in [5.41, 5.74) is -0.700. The van der Waals surface area contributed by atoms with Crippen molar-refractivity contribution in [2.75, 3.05) is 12.8 Å². The molecular formula is C19H33N3O6S. The van der Waals surface area contributed by atoms with Gasteiger partial charge in [0.05, 0.1) is 24.3 Å². The topological polar surface area (TPSA) is 113 Å². The SMILES string of the molecule is CC[C@@H]1C(=O)N(S(C)(=O)=O)[C@H]2CCN(C(=O)[C@@H](NC(=O)OC(C)(C)C)C(C)C)[C@H]12. The van der Waals surface area contributed by atoms with Crippen molar-refractivity contribution >= 4 is 27.9 Å². The number of hydrogen-bond acceptors (Lipinski definition) is 6. The van der Waals surface area contributed by atoms with Crippen LogP contribution >= 0.6 is 0 Å². The second-order valence-electron chi connectivity index (χ2n) is 9.16. The molecule has 29 heavy (non-hydrogen) atoms. The third-order valence-electron chi connectivity index (χ3n) is 5.35. The zero-order chi connectivity index (χ0) is 22.3. The van der Waals surface area contributed by atoms with Gasteiger partial charge in [0.25, 0.3) is 0 Å². The number of carbonyl (C=O) groups excluding carboxylic acids is 3. The fraction of sp³-hybridized carbons (Fsp3) is 0.842. The van der Waals surface area contributed by atoms with Crippen molar-refractivity contribution in [1.29, 1.82) is 0 Å². The highest BCUT2D eigenvalue weighted by atomic mass is 32.2. The summed E-state index contributed by atoms with van der Waals surface area (Å²) in [4.78, 5) is 39.9. The second kappa shape index (κ2) is 8.12. The molecule has 2 heterocycles. The van der Waals surface area contributed by atoms with E-state index >= 15 is 0 Å². The van der Waals surface area contributed by atoms with E-state index in [4.69, 9.17) is 4.74 Å². The third kappa shape index (κ3) is 4.84. The van der Waals surface area contributed by atoms with Crippen LogP contribution in [-0.2, 0) is 24.3 Å². The predicted molar refractivity (Wildman–Crippen MR) is 107 cm³/mol. The molecule has 0 aromatic heterocycles. The highest BCUT2D eigenvalue weighted by Gasteiger charge is 2.57. The summed E-state index contributed by atoms with van der Waals surface area (Å²) in [5.74, 6) is -1.56. The Morgan fingerprint density at radius 1 is 1.28 bits per heavy atom. The minimum atomic E-state index is -3.72. The molecule has 10 heteroatoms. The summed E-state index contributed by atoms with van der Waals surface area (Å²) in [5, 5.41) is 2.65. The van der Waals surface area contributed by atoms with Gasteiger partial charge < -0.3 is 15.0 Å². The van der Waals surface area contributed by atoms with Crippen molar-refractivity contribution in [1.82, 2.24) is 14.5 Å². The van der Waals surface area contributed by atoms with Crippen LogP contribution < -0.4 is 5.32 Å². The molecule has 4 atom stereocenters. The molecule has 166 valence electrons. The molecule has 2 rings (SSSR count). The maximum absolute atomic E-state index is 13.3. The highest BCUT2D eigenvalue weighted by molar-refractivity contribution is 7.88. The minimum Gasteiger partial charge on any atom is -0.444 e. The predicted octanol–water partition coefficient (Wildman–Crippen LogP) is 1.33. The van der Waals surface area contributed by atoms with Crippen molar-refractivity contribution < 1.29 is 27.5 Å². The molecule has 0 saturated carbocycles. The van der Waals surface area contributed by atoms with Crippen LogP contribution in [0.25, 0.3) is 0 Å². The smallest absolute Gasteiger partial charge is 0.408 e. The van der Waals surface area contributed by atoms with Crippen LogP contribution in [0.1, 0.15) is 54.4 Å². The molecular weight excluding hydrogens is 398 g/mol. The Bertz CT molecular complexity index is 773. The summed E-state index contributed by atoms with van der Waals surface area (Å²) < 4.78 is 30.6. The van der Waals surface area contributed by atoms with E-state index in [1.54, 1.807) is 25.7 Å². The molecule has 0 aromatic rings. The van der Waals surface area contributed by atoms with E-state index in [-0.39, 0.29) is 11.8 Å². The van der Waals surface area contributed by atoms with Gasteiger partial charge in [0.2, 0.25) is 21.8 Å². The second-order valence-corrected chi connectivity index (χ2v) is 11.0. The first-order chi connectivity index (χ1) is 13.2. The number of hydrogen-bond donors (Lipinski definition) is 1. The van der Waals surface area contributed by atoms with Crippen molar-refractivity contribution in [3.8, 4) is 0 Å². The van der Waals surface area contributed by atoms with Crippen LogP contribution in [0.15, 0.2) is 0 Å². The van der Waals surface area contributed by atoms with E-state index in [1.807, 2.05) is 20.8 Å². The number of sulfonamides is 1. The number of amides is 3. The van der Waals surface area contributed by atoms with Gasteiger partial charge >= 0.3 is 6.09 Å². The van der Waals surface area contributed by atoms with E-state index in [0.29, 0.717) is 19.4 Å². The number of alkyl carbamates (subject to hydrolysis) is 1. The van der Waals surface area contributed by atoms with Crippen LogP contribution in [0.2, 0.25) is 0 Å². The fourth-order valence-electron chi connectivity index (χ4n) is 4.22. The van der Waals surface area contributed by atoms with Gasteiger partial charge in [0.15, 0.2) is 0 Å². The van der Waals surface area contributed by atoms with Gasteiger partial charge in [0, 0.05) is 6.54 Å². The average molecular weight is 432 g/mol. The largest absolute Gasteiger partial charge is 0.444 e. The molecule has 0 aromatic carbocycles. The molecule has 2 fully saturated rings. The van der Waals surface area contributed by atoms with Gasteiger partial charge in [-0.05, 0) is 39.5 Å². The van der Waals surface area contributed by atoms with E-state index in [9.17, 15) is 22.8 Å². The third-order valence-corrected chi connectivity index (χ3v) is 6.52. The Kier molecular flexibility index (Phi) is 6.56. The lowest BCUT2D eigenvalue weighted by Crippen LogP contribution is -2.54. The number of fused-ring (bicyclic) bond motifs is 1. The maximum atomic E-state index is 13.3. The number of ether oxygens (including phenoxy) is 1. The summed E-state index contributed by atoms with van der Waals surface area (Å²) in [6.07, 6.45) is 1.16. The van der Waals surface area contributed by atoms with Gasteiger partial charge in [-0.25, -0.2) is 17.5 Å². The number of rotatable bonds is 5. The van der Waals surface area contributed by atoms with Crippen LogP contribution in [0.5, 0.6) is 0 Å². The zero-order valence-electron chi connectivity index (χ0n) is 18.3. The van der Waals surface area contributed by atoms with Crippen molar-refractivity contribution in [2.24, 2.45) is 11.8 Å². The summed E-state index contributed by atoms with van der Waals surface area (Å²) in [7, 11) is -3.72. The first-order valence-corrected chi connectivity index (χ1v) is 11.9. The first-order valence-electron chi connectivity index (χ1n) is 10.0. The highest BCUT2D eigenvalue weighted by Crippen LogP contribution is 2.39. The lowest BCUT2D eigenvalue weighted by molar-refractivity contribution is -0.137. The van der Waals surface area contributed by atoms with Crippen molar-refractivity contribution in [3.63, 3.8) is 0 Å². The molecule has 0 bridgehead atoms. The van der Waals surface area contributed by atoms with E-state index < -0.39 is 51.7 Å². The fourth-order valence-corrected chi connectivity index (χ4v) is 5.41. The molecule has 2 aliphatic rings. The summed E-state index contributed by atoms with van der Waals surface area (Å²) >= 11 is 0. The lowest BCUT2D eigenvalue weighted by Gasteiger charge is -2.32.